The summed E-state index contributed by atoms with van der Waals surface area (Å²) in [5.74, 6) is -0.246. The van der Waals surface area contributed by atoms with Crippen LogP contribution in [0.1, 0.15) is 21.5 Å². The molecular formula is C16H15BrF2NO4P. The Labute approximate surface area is 151 Å². The third-order valence-corrected chi connectivity index (χ3v) is 5.09. The van der Waals surface area contributed by atoms with Crippen LogP contribution in [0.2, 0.25) is 0 Å². The highest BCUT2D eigenvalue weighted by atomic mass is 79.9. The van der Waals surface area contributed by atoms with E-state index >= 15 is 0 Å². The van der Waals surface area contributed by atoms with Crippen molar-refractivity contribution in [3.8, 4) is 0 Å². The molecule has 0 heterocycles. The highest BCUT2D eigenvalue weighted by Crippen LogP contribution is 2.60. The maximum atomic E-state index is 13.8. The van der Waals surface area contributed by atoms with Crippen LogP contribution in [0.4, 0.5) is 8.78 Å². The molecule has 5 nitrogen and oxygen atoms in total. The van der Waals surface area contributed by atoms with Gasteiger partial charge in [-0.05, 0) is 30.2 Å². The summed E-state index contributed by atoms with van der Waals surface area (Å²) in [6, 6.07) is 12.3. The topological polar surface area (TPSA) is 86.6 Å². The molecule has 0 saturated heterocycles. The lowest BCUT2D eigenvalue weighted by Gasteiger charge is -2.19. The predicted molar refractivity (Wildman–Crippen MR) is 92.6 cm³/mol. The summed E-state index contributed by atoms with van der Waals surface area (Å²) < 4.78 is 38.3. The van der Waals surface area contributed by atoms with Crippen molar-refractivity contribution in [1.82, 2.24) is 5.32 Å². The fourth-order valence-electron chi connectivity index (χ4n) is 2.13. The second kappa shape index (κ2) is 7.74. The van der Waals surface area contributed by atoms with Crippen LogP contribution in [0.3, 0.4) is 0 Å². The van der Waals surface area contributed by atoms with E-state index < -0.39 is 18.8 Å². The molecule has 9 heteroatoms. The molecule has 0 radical (unpaired) electrons. The average Bonchev–Trinajstić information content (AvgIpc) is 2.54. The minimum Gasteiger partial charge on any atom is -0.352 e. The van der Waals surface area contributed by atoms with Crippen LogP contribution in [0.15, 0.2) is 53.0 Å². The number of alkyl halides is 2. The number of carbonyl (C=O) groups excluding carboxylic acids is 1. The first-order chi connectivity index (χ1) is 11.6. The second-order valence-electron chi connectivity index (χ2n) is 5.27. The molecule has 3 N–H and O–H groups in total. The van der Waals surface area contributed by atoms with Gasteiger partial charge in [-0.1, -0.05) is 46.3 Å². The van der Waals surface area contributed by atoms with Gasteiger partial charge in [-0.2, -0.15) is 8.78 Å². The van der Waals surface area contributed by atoms with Gasteiger partial charge in [0, 0.05) is 22.1 Å². The van der Waals surface area contributed by atoms with Crippen LogP contribution < -0.4 is 5.32 Å². The summed E-state index contributed by atoms with van der Waals surface area (Å²) in [6.07, 6.45) is 0.374. The van der Waals surface area contributed by atoms with Crippen LogP contribution in [0, 0.1) is 0 Å². The molecule has 0 fully saturated rings. The minimum atomic E-state index is -5.62. The van der Waals surface area contributed by atoms with Crippen molar-refractivity contribution in [3.63, 3.8) is 0 Å². The van der Waals surface area contributed by atoms with Gasteiger partial charge in [0.15, 0.2) is 0 Å². The van der Waals surface area contributed by atoms with Crippen LogP contribution in [-0.4, -0.2) is 22.2 Å². The Hall–Kier alpha value is -1.60. The number of rotatable bonds is 6. The summed E-state index contributed by atoms with van der Waals surface area (Å²) in [6.45, 7) is 0.286. The maximum absolute atomic E-state index is 13.8. The zero-order chi connectivity index (χ0) is 18.7. The lowest BCUT2D eigenvalue weighted by molar-refractivity contribution is 0.0557. The maximum Gasteiger partial charge on any atom is 0.399 e. The first kappa shape index (κ1) is 19.7. The van der Waals surface area contributed by atoms with Gasteiger partial charge in [0.05, 0.1) is 0 Å². The molecule has 0 aliphatic rings. The molecule has 0 aliphatic heterocycles. The molecule has 2 aromatic rings. The summed E-state index contributed by atoms with van der Waals surface area (Å²) in [7, 11) is -5.62. The van der Waals surface area contributed by atoms with Crippen LogP contribution >= 0.6 is 23.5 Å². The Morgan fingerprint density at radius 1 is 1.16 bits per heavy atom. The lowest BCUT2D eigenvalue weighted by Crippen LogP contribution is -2.25. The zero-order valence-corrected chi connectivity index (χ0v) is 15.3. The summed E-state index contributed by atoms with van der Waals surface area (Å²) in [5.41, 5.74) is -3.91. The molecule has 2 aromatic carbocycles. The summed E-state index contributed by atoms with van der Waals surface area (Å²) >= 11 is 2.92. The van der Waals surface area contributed by atoms with E-state index in [0.29, 0.717) is 17.5 Å². The first-order valence-electron chi connectivity index (χ1n) is 7.18. The van der Waals surface area contributed by atoms with Gasteiger partial charge in [0.25, 0.3) is 5.91 Å². The Kier molecular flexibility index (Phi) is 6.11. The van der Waals surface area contributed by atoms with Crippen molar-refractivity contribution in [3.05, 3.63) is 69.7 Å². The lowest BCUT2D eigenvalue weighted by atomic mass is 10.1. The smallest absolute Gasteiger partial charge is 0.352 e. The molecule has 0 spiro atoms. The molecule has 0 aromatic heterocycles. The molecule has 0 unspecified atom stereocenters. The van der Waals surface area contributed by atoms with E-state index in [0.717, 1.165) is 6.07 Å². The van der Waals surface area contributed by atoms with Crippen LogP contribution in [0.25, 0.3) is 0 Å². The number of nitrogens with one attached hydrogen (secondary N) is 1. The van der Waals surface area contributed by atoms with Crippen molar-refractivity contribution in [1.29, 1.82) is 0 Å². The van der Waals surface area contributed by atoms with Crippen LogP contribution in [-0.2, 0) is 16.6 Å². The van der Waals surface area contributed by atoms with Crippen LogP contribution in [0.5, 0.6) is 0 Å². The van der Waals surface area contributed by atoms with Gasteiger partial charge >= 0.3 is 13.3 Å². The Morgan fingerprint density at radius 2 is 1.80 bits per heavy atom. The van der Waals surface area contributed by atoms with Gasteiger partial charge in [-0.25, -0.2) is 0 Å². The highest BCUT2D eigenvalue weighted by molar-refractivity contribution is 9.10. The number of hydrogen-bond donors (Lipinski definition) is 3. The molecule has 2 rings (SSSR count). The van der Waals surface area contributed by atoms with Gasteiger partial charge in [-0.15, -0.1) is 0 Å². The van der Waals surface area contributed by atoms with E-state index in [1.54, 1.807) is 30.3 Å². The van der Waals surface area contributed by atoms with Crippen molar-refractivity contribution < 1.29 is 27.9 Å². The monoisotopic (exact) mass is 433 g/mol. The zero-order valence-electron chi connectivity index (χ0n) is 12.8. The van der Waals surface area contributed by atoms with E-state index in [9.17, 15) is 18.1 Å². The minimum absolute atomic E-state index is 0.104. The quantitative estimate of drug-likeness (QED) is 0.606. The van der Waals surface area contributed by atoms with E-state index in [4.69, 9.17) is 9.79 Å². The van der Waals surface area contributed by atoms with Crippen molar-refractivity contribution in [2.75, 3.05) is 6.54 Å². The molecule has 1 amide bonds. The Balaban J connectivity index is 2.02. The molecule has 0 aliphatic carbocycles. The molecule has 0 atom stereocenters. The third kappa shape index (κ3) is 4.73. The molecular weight excluding hydrogens is 419 g/mol. The number of amides is 1. The van der Waals surface area contributed by atoms with Gasteiger partial charge < -0.3 is 15.1 Å². The van der Waals surface area contributed by atoms with E-state index in [-0.39, 0.29) is 16.9 Å². The first-order valence-corrected chi connectivity index (χ1v) is 9.59. The Bertz CT molecular complexity index is 811. The van der Waals surface area contributed by atoms with Crippen molar-refractivity contribution >= 4 is 29.4 Å². The fourth-order valence-corrected chi connectivity index (χ4v) is 3.46. The largest absolute Gasteiger partial charge is 0.399 e. The predicted octanol–water partition coefficient (Wildman–Crippen LogP) is 3.65. The van der Waals surface area contributed by atoms with Gasteiger partial charge in [0.2, 0.25) is 0 Å². The summed E-state index contributed by atoms with van der Waals surface area (Å²) in [4.78, 5) is 29.5. The molecule has 0 bridgehead atoms. The number of halogens is 3. The van der Waals surface area contributed by atoms with E-state index in [1.807, 2.05) is 0 Å². The second-order valence-corrected chi connectivity index (χ2v) is 7.78. The number of benzene rings is 2. The number of carbonyl (C=O) groups is 1. The standard InChI is InChI=1S/C16H15BrF2NO4P/c17-14-10-11(6-7-13(14)16(18,19)25(22,23)24)8-9-20-15(21)12-4-2-1-3-5-12/h1-7,10H,8-9H2,(H,20,21)(H2,22,23,24). The fraction of sp³-hybridized carbons (Fsp3) is 0.188. The normalized spacial score (nSPS) is 12.0. The van der Waals surface area contributed by atoms with E-state index in [1.165, 1.54) is 12.1 Å². The Morgan fingerprint density at radius 3 is 2.36 bits per heavy atom. The molecule has 25 heavy (non-hydrogen) atoms. The molecule has 0 saturated carbocycles. The van der Waals surface area contributed by atoms with Gasteiger partial charge in [-0.3, -0.25) is 9.36 Å². The average molecular weight is 434 g/mol. The SMILES string of the molecule is O=C(NCCc1ccc(C(F)(F)P(=O)(O)O)c(Br)c1)c1ccccc1. The van der Waals surface area contributed by atoms with Crippen molar-refractivity contribution in [2.24, 2.45) is 0 Å². The number of hydrogen-bond acceptors (Lipinski definition) is 2. The van der Waals surface area contributed by atoms with Crippen molar-refractivity contribution in [2.45, 2.75) is 12.1 Å². The summed E-state index contributed by atoms with van der Waals surface area (Å²) in [5, 5.41) is 2.71. The van der Waals surface area contributed by atoms with Gasteiger partial charge in [0.1, 0.15) is 0 Å². The highest BCUT2D eigenvalue weighted by Gasteiger charge is 2.51. The molecule has 134 valence electrons. The van der Waals surface area contributed by atoms with E-state index in [2.05, 4.69) is 21.2 Å². The third-order valence-electron chi connectivity index (χ3n) is 3.46.